The van der Waals surface area contributed by atoms with Crippen LogP contribution in [0.15, 0.2) is 35.4 Å². The number of nitrogens with zero attached hydrogens (tertiary/aromatic N) is 3. The van der Waals surface area contributed by atoms with E-state index in [1.165, 1.54) is 10.6 Å². The Morgan fingerprint density at radius 3 is 2.84 bits per heavy atom. The molecule has 1 aromatic carbocycles. The van der Waals surface area contributed by atoms with Gasteiger partial charge in [0.25, 0.3) is 5.91 Å². The van der Waals surface area contributed by atoms with Gasteiger partial charge in [0.2, 0.25) is 5.91 Å². The van der Waals surface area contributed by atoms with E-state index < -0.39 is 0 Å². The van der Waals surface area contributed by atoms with E-state index in [1.54, 1.807) is 7.05 Å². The van der Waals surface area contributed by atoms with Crippen LogP contribution in [-0.4, -0.2) is 54.1 Å². The molecule has 1 saturated heterocycles. The van der Waals surface area contributed by atoms with Crippen molar-refractivity contribution in [2.45, 2.75) is 32.2 Å². The van der Waals surface area contributed by atoms with Crippen LogP contribution in [0.1, 0.15) is 31.2 Å². The molecule has 2 aliphatic heterocycles. The number of piperidine rings is 1. The van der Waals surface area contributed by atoms with Crippen molar-refractivity contribution in [3.63, 3.8) is 0 Å². The van der Waals surface area contributed by atoms with Gasteiger partial charge in [-0.2, -0.15) is 5.10 Å². The molecule has 2 heterocycles. The molecular weight excluding hydrogens is 316 g/mol. The molecule has 0 radical (unpaired) electrons. The summed E-state index contributed by atoms with van der Waals surface area (Å²) in [6.45, 7) is 3.74. The maximum Gasteiger partial charge on any atom is 0.267 e. The minimum Gasteiger partial charge on any atom is -0.351 e. The van der Waals surface area contributed by atoms with Crippen LogP contribution in [0, 0.1) is 5.92 Å². The average Bonchev–Trinajstić information content (AvgIpc) is 2.63. The van der Waals surface area contributed by atoms with Crippen molar-refractivity contribution in [2.75, 3.05) is 26.7 Å². The van der Waals surface area contributed by atoms with Gasteiger partial charge in [-0.15, -0.1) is 0 Å². The van der Waals surface area contributed by atoms with E-state index in [9.17, 15) is 9.59 Å². The predicted octanol–water partition coefficient (Wildman–Crippen LogP) is 1.62. The van der Waals surface area contributed by atoms with E-state index in [1.807, 2.05) is 6.07 Å². The van der Waals surface area contributed by atoms with Crippen LogP contribution in [0.3, 0.4) is 0 Å². The average molecular weight is 342 g/mol. The van der Waals surface area contributed by atoms with Gasteiger partial charge in [0.15, 0.2) is 0 Å². The van der Waals surface area contributed by atoms with Crippen LogP contribution in [0.25, 0.3) is 0 Å². The summed E-state index contributed by atoms with van der Waals surface area (Å²) in [6.07, 6.45) is 3.08. The lowest BCUT2D eigenvalue weighted by Gasteiger charge is -2.33. The lowest BCUT2D eigenvalue weighted by molar-refractivity contribution is -0.130. The number of rotatable bonds is 5. The predicted molar refractivity (Wildman–Crippen MR) is 96.9 cm³/mol. The number of benzene rings is 1. The second kappa shape index (κ2) is 8.25. The Morgan fingerprint density at radius 2 is 2.08 bits per heavy atom. The maximum atomic E-state index is 12.3. The number of carbonyl (C=O) groups is 2. The number of hydrazone groups is 1. The Kier molecular flexibility index (Phi) is 5.81. The molecule has 6 heteroatoms. The van der Waals surface area contributed by atoms with E-state index >= 15 is 0 Å². The smallest absolute Gasteiger partial charge is 0.267 e. The highest BCUT2D eigenvalue weighted by Gasteiger charge is 2.24. The van der Waals surface area contributed by atoms with Crippen molar-refractivity contribution < 1.29 is 9.59 Å². The highest BCUT2D eigenvalue weighted by molar-refractivity contribution is 6.39. The third kappa shape index (κ3) is 4.89. The first kappa shape index (κ1) is 17.6. The Hall–Kier alpha value is -2.21. The molecule has 25 heavy (non-hydrogen) atoms. The summed E-state index contributed by atoms with van der Waals surface area (Å²) in [5.41, 5.74) is 1.79. The van der Waals surface area contributed by atoms with Gasteiger partial charge in [-0.25, -0.2) is 5.01 Å². The topological polar surface area (TPSA) is 65.0 Å². The van der Waals surface area contributed by atoms with Gasteiger partial charge >= 0.3 is 0 Å². The van der Waals surface area contributed by atoms with Crippen LogP contribution in [-0.2, 0) is 16.1 Å². The maximum absolute atomic E-state index is 12.3. The number of hydrogen-bond donors (Lipinski definition) is 1. The van der Waals surface area contributed by atoms with Gasteiger partial charge in [0.05, 0.1) is 0 Å². The zero-order valence-corrected chi connectivity index (χ0v) is 14.8. The Balaban J connectivity index is 1.47. The molecular formula is C19H26N4O2. The van der Waals surface area contributed by atoms with Gasteiger partial charge in [-0.3, -0.25) is 14.5 Å². The van der Waals surface area contributed by atoms with Crippen molar-refractivity contribution in [2.24, 2.45) is 11.0 Å². The molecule has 6 nitrogen and oxygen atoms in total. The number of nitrogens with one attached hydrogen (secondary N) is 1. The van der Waals surface area contributed by atoms with Gasteiger partial charge in [-0.1, -0.05) is 30.3 Å². The quantitative estimate of drug-likeness (QED) is 0.884. The highest BCUT2D eigenvalue weighted by Crippen LogP contribution is 2.18. The molecule has 3 rings (SSSR count). The molecule has 0 aromatic heterocycles. The normalized spacial score (nSPS) is 21.8. The summed E-state index contributed by atoms with van der Waals surface area (Å²) in [4.78, 5) is 26.2. The van der Waals surface area contributed by atoms with Crippen molar-refractivity contribution >= 4 is 17.5 Å². The minimum atomic E-state index is -0.139. The van der Waals surface area contributed by atoms with Crippen molar-refractivity contribution in [3.05, 3.63) is 35.9 Å². The molecule has 1 atom stereocenters. The molecule has 1 unspecified atom stereocenters. The summed E-state index contributed by atoms with van der Waals surface area (Å²) < 4.78 is 0. The molecule has 134 valence electrons. The van der Waals surface area contributed by atoms with E-state index in [0.717, 1.165) is 32.5 Å². The highest BCUT2D eigenvalue weighted by atomic mass is 16.2. The van der Waals surface area contributed by atoms with Gasteiger partial charge in [0, 0.05) is 39.5 Å². The summed E-state index contributed by atoms with van der Waals surface area (Å²) in [5, 5.41) is 8.35. The fraction of sp³-hybridized carbons (Fsp3) is 0.526. The van der Waals surface area contributed by atoms with Crippen LogP contribution in [0.2, 0.25) is 0 Å². The van der Waals surface area contributed by atoms with Gasteiger partial charge in [-0.05, 0) is 30.9 Å². The van der Waals surface area contributed by atoms with Crippen LogP contribution < -0.4 is 5.32 Å². The van der Waals surface area contributed by atoms with E-state index in [2.05, 4.69) is 39.6 Å². The third-order valence-electron chi connectivity index (χ3n) is 4.87. The van der Waals surface area contributed by atoms with Gasteiger partial charge < -0.3 is 5.32 Å². The Morgan fingerprint density at radius 1 is 1.28 bits per heavy atom. The fourth-order valence-corrected chi connectivity index (χ4v) is 3.48. The first-order chi connectivity index (χ1) is 12.1. The Bertz CT molecular complexity index is 644. The van der Waals surface area contributed by atoms with Crippen molar-refractivity contribution in [3.8, 4) is 0 Å². The summed E-state index contributed by atoms with van der Waals surface area (Å²) in [5.74, 6) is 0.282. The summed E-state index contributed by atoms with van der Waals surface area (Å²) in [6, 6.07) is 10.5. The zero-order valence-electron chi connectivity index (χ0n) is 14.8. The zero-order chi connectivity index (χ0) is 17.6. The standard InChI is InChI=1S/C19H26N4O2/c1-22-18(24)10-9-17(21-22)19(25)20-12-16-8-5-11-23(14-16)13-15-6-3-2-4-7-15/h2-4,6-7,16H,5,8-14H2,1H3,(H,20,25). The number of likely N-dealkylation sites (tertiary alicyclic amines) is 1. The first-order valence-electron chi connectivity index (χ1n) is 9.00. The minimum absolute atomic E-state index is 0.0413. The molecule has 0 aliphatic carbocycles. The van der Waals surface area contributed by atoms with Crippen LogP contribution >= 0.6 is 0 Å². The molecule has 1 fully saturated rings. The van der Waals surface area contributed by atoms with Crippen molar-refractivity contribution in [1.29, 1.82) is 0 Å². The van der Waals surface area contributed by atoms with Gasteiger partial charge in [0.1, 0.15) is 5.71 Å². The number of carbonyl (C=O) groups excluding carboxylic acids is 2. The molecule has 2 amide bonds. The van der Waals surface area contributed by atoms with E-state index in [-0.39, 0.29) is 11.8 Å². The Labute approximate surface area is 148 Å². The molecule has 0 saturated carbocycles. The SMILES string of the molecule is CN1N=C(C(=O)NCC2CCCN(Cc3ccccc3)C2)CCC1=O. The van der Waals surface area contributed by atoms with Crippen LogP contribution in [0.5, 0.6) is 0 Å². The molecule has 0 spiro atoms. The second-order valence-electron chi connectivity index (χ2n) is 6.90. The third-order valence-corrected chi connectivity index (χ3v) is 4.87. The monoisotopic (exact) mass is 342 g/mol. The summed E-state index contributed by atoms with van der Waals surface area (Å²) in [7, 11) is 1.59. The largest absolute Gasteiger partial charge is 0.351 e. The number of hydrogen-bond acceptors (Lipinski definition) is 4. The molecule has 0 bridgehead atoms. The summed E-state index contributed by atoms with van der Waals surface area (Å²) >= 11 is 0. The van der Waals surface area contributed by atoms with E-state index in [0.29, 0.717) is 31.0 Å². The number of amides is 2. The molecule has 1 aromatic rings. The second-order valence-corrected chi connectivity index (χ2v) is 6.90. The van der Waals surface area contributed by atoms with Crippen molar-refractivity contribution in [1.82, 2.24) is 15.2 Å². The fourth-order valence-electron chi connectivity index (χ4n) is 3.48. The lowest BCUT2D eigenvalue weighted by atomic mass is 9.97. The van der Waals surface area contributed by atoms with E-state index in [4.69, 9.17) is 0 Å². The lowest BCUT2D eigenvalue weighted by Crippen LogP contribution is -2.43. The molecule has 1 N–H and O–H groups in total. The first-order valence-corrected chi connectivity index (χ1v) is 9.00. The van der Waals surface area contributed by atoms with Crippen LogP contribution in [0.4, 0.5) is 0 Å². The molecule has 2 aliphatic rings.